The van der Waals surface area contributed by atoms with Crippen molar-refractivity contribution in [2.75, 3.05) is 20.1 Å². The standard InChI is InChI=1S/C27H26FN7O2S/c1-32-13-11-25(31-32)37-38-33(2)34-14-10-20-15-24-19(17-30-35(24)22-8-6-21(28)7-9-22)16-27(20,18-34)26(36)23-5-3-4-12-29-23/h3-9,11-13,15,17H,10,14,16,18H2,1-2H3. The fourth-order valence-corrected chi connectivity index (χ4v) is 5.69. The highest BCUT2D eigenvalue weighted by molar-refractivity contribution is 7.92. The van der Waals surface area contributed by atoms with Crippen LogP contribution in [-0.4, -0.2) is 59.9 Å². The molecular weight excluding hydrogens is 505 g/mol. The van der Waals surface area contributed by atoms with E-state index in [9.17, 15) is 9.18 Å². The molecule has 1 aromatic carbocycles. The molecule has 9 nitrogen and oxygen atoms in total. The van der Waals surface area contributed by atoms with E-state index in [1.807, 2.05) is 41.5 Å². The molecule has 6 rings (SSSR count). The Kier molecular flexibility index (Phi) is 6.34. The molecule has 4 aromatic rings. The molecule has 0 spiro atoms. The molecule has 0 bridgehead atoms. The van der Waals surface area contributed by atoms with E-state index in [1.54, 1.807) is 41.3 Å². The van der Waals surface area contributed by atoms with Crippen molar-refractivity contribution in [1.82, 2.24) is 34.0 Å². The van der Waals surface area contributed by atoms with E-state index in [1.165, 1.54) is 24.4 Å². The predicted molar refractivity (Wildman–Crippen MR) is 142 cm³/mol. The molecule has 194 valence electrons. The maximum absolute atomic E-state index is 14.2. The molecule has 1 fully saturated rings. The van der Waals surface area contributed by atoms with Gasteiger partial charge in [0.25, 0.3) is 0 Å². The summed E-state index contributed by atoms with van der Waals surface area (Å²) in [5.41, 5.74) is 3.33. The highest BCUT2D eigenvalue weighted by Gasteiger charge is 2.50. The van der Waals surface area contributed by atoms with Crippen LogP contribution >= 0.6 is 12.2 Å². The number of hydrazine groups is 1. The summed E-state index contributed by atoms with van der Waals surface area (Å²) < 4.78 is 24.7. The van der Waals surface area contributed by atoms with E-state index < -0.39 is 5.41 Å². The van der Waals surface area contributed by atoms with Crippen LogP contribution in [0, 0.1) is 11.2 Å². The molecule has 1 atom stereocenters. The molecular formula is C27H26FN7O2S. The van der Waals surface area contributed by atoms with E-state index in [-0.39, 0.29) is 11.6 Å². The summed E-state index contributed by atoms with van der Waals surface area (Å²) in [6.45, 7) is 1.17. The number of carbonyl (C=O) groups is 1. The van der Waals surface area contributed by atoms with Gasteiger partial charge in [0.1, 0.15) is 11.5 Å². The maximum atomic E-state index is 14.2. The molecule has 1 aliphatic carbocycles. The van der Waals surface area contributed by atoms with E-state index in [4.69, 9.17) is 4.18 Å². The molecule has 3 aromatic heterocycles. The molecule has 38 heavy (non-hydrogen) atoms. The first kappa shape index (κ1) is 24.5. The van der Waals surface area contributed by atoms with Crippen molar-refractivity contribution in [3.05, 3.63) is 95.5 Å². The summed E-state index contributed by atoms with van der Waals surface area (Å²) in [6.07, 6.45) is 8.53. The van der Waals surface area contributed by atoms with Gasteiger partial charge in [-0.2, -0.15) is 9.51 Å². The molecule has 0 saturated carbocycles. The fraction of sp³-hybridized carbons (Fsp3) is 0.259. The van der Waals surface area contributed by atoms with Gasteiger partial charge in [0.2, 0.25) is 5.88 Å². The summed E-state index contributed by atoms with van der Waals surface area (Å²) in [5, 5.41) is 11.0. The minimum atomic E-state index is -0.809. The number of nitrogens with zero attached hydrogens (tertiary/aromatic N) is 7. The van der Waals surface area contributed by atoms with E-state index in [0.29, 0.717) is 37.5 Å². The van der Waals surface area contributed by atoms with Crippen molar-refractivity contribution in [1.29, 1.82) is 0 Å². The third kappa shape index (κ3) is 4.42. The lowest BCUT2D eigenvalue weighted by atomic mass is 9.65. The van der Waals surface area contributed by atoms with Gasteiger partial charge in [0.15, 0.2) is 18.0 Å². The van der Waals surface area contributed by atoms with Crippen LogP contribution in [0.4, 0.5) is 4.39 Å². The van der Waals surface area contributed by atoms with Gasteiger partial charge in [-0.1, -0.05) is 11.6 Å². The Morgan fingerprint density at radius 2 is 2.03 bits per heavy atom. The third-order valence-electron chi connectivity index (χ3n) is 7.12. The van der Waals surface area contributed by atoms with Gasteiger partial charge in [-0.15, -0.1) is 5.10 Å². The number of benzene rings is 1. The van der Waals surface area contributed by atoms with Crippen LogP contribution in [0.2, 0.25) is 0 Å². The molecule has 2 aliphatic rings. The Bertz CT molecular complexity index is 1500. The van der Waals surface area contributed by atoms with Crippen LogP contribution in [0.15, 0.2) is 72.7 Å². The van der Waals surface area contributed by atoms with Crippen molar-refractivity contribution in [2.24, 2.45) is 12.5 Å². The quantitative estimate of drug-likeness (QED) is 0.200. The van der Waals surface area contributed by atoms with Gasteiger partial charge in [0, 0.05) is 45.6 Å². The van der Waals surface area contributed by atoms with E-state index >= 15 is 0 Å². The SMILES string of the molecule is CN(SOc1ccn(C)n1)N1CCC2=Cc3c(cnn3-c3ccc(F)cc3)CC2(C(=O)c2ccccn2)C1. The number of hydrogen-bond donors (Lipinski definition) is 0. The van der Waals surface area contributed by atoms with Gasteiger partial charge in [-0.3, -0.25) is 14.5 Å². The topological polar surface area (TPSA) is 81.3 Å². The summed E-state index contributed by atoms with van der Waals surface area (Å²) in [6, 6.07) is 13.5. The maximum Gasteiger partial charge on any atom is 0.248 e. The largest absolute Gasteiger partial charge is 0.387 e. The smallest absolute Gasteiger partial charge is 0.248 e. The predicted octanol–water partition coefficient (Wildman–Crippen LogP) is 4.14. The molecule has 0 amide bonds. The lowest BCUT2D eigenvalue weighted by molar-refractivity contribution is 0.0226. The Morgan fingerprint density at radius 1 is 1.18 bits per heavy atom. The van der Waals surface area contributed by atoms with Crippen LogP contribution in [0.1, 0.15) is 28.2 Å². The molecule has 11 heteroatoms. The molecule has 0 radical (unpaired) electrons. The number of rotatable bonds is 7. The molecule has 4 heterocycles. The first-order chi connectivity index (χ1) is 18.4. The number of hydrogen-bond acceptors (Lipinski definition) is 8. The zero-order valence-electron chi connectivity index (χ0n) is 21.0. The highest BCUT2D eigenvalue weighted by atomic mass is 32.2. The first-order valence-electron chi connectivity index (χ1n) is 12.3. The van der Waals surface area contributed by atoms with Crippen LogP contribution in [0.25, 0.3) is 11.8 Å². The number of Topliss-reactive ketones (excluding diaryl/α,β-unsaturated/α-hetero) is 1. The van der Waals surface area contributed by atoms with Crippen LogP contribution in [0.5, 0.6) is 5.88 Å². The second kappa shape index (κ2) is 9.82. The van der Waals surface area contributed by atoms with Crippen molar-refractivity contribution >= 4 is 24.1 Å². The van der Waals surface area contributed by atoms with Crippen LogP contribution in [-0.2, 0) is 13.5 Å². The van der Waals surface area contributed by atoms with Crippen LogP contribution < -0.4 is 4.18 Å². The van der Waals surface area contributed by atoms with Gasteiger partial charge < -0.3 is 4.18 Å². The summed E-state index contributed by atoms with van der Waals surface area (Å²) in [5.74, 6) is 0.199. The minimum absolute atomic E-state index is 0.0155. The Hall–Kier alpha value is -3.80. The molecule has 0 N–H and O–H groups in total. The number of piperidine rings is 1. The second-order valence-electron chi connectivity index (χ2n) is 9.50. The van der Waals surface area contributed by atoms with Gasteiger partial charge >= 0.3 is 0 Å². The summed E-state index contributed by atoms with van der Waals surface area (Å²) in [4.78, 5) is 18.6. The monoisotopic (exact) mass is 531 g/mol. The number of ketones is 1. The number of carbonyl (C=O) groups excluding carboxylic acids is 1. The van der Waals surface area contributed by atoms with Crippen molar-refractivity contribution in [3.8, 4) is 11.6 Å². The lowest BCUT2D eigenvalue weighted by Gasteiger charge is -2.46. The Balaban J connectivity index is 1.33. The number of pyridine rings is 1. The summed E-state index contributed by atoms with van der Waals surface area (Å²) in [7, 11) is 3.75. The van der Waals surface area contributed by atoms with E-state index in [0.717, 1.165) is 22.5 Å². The summed E-state index contributed by atoms with van der Waals surface area (Å²) >= 11 is 1.17. The zero-order valence-corrected chi connectivity index (χ0v) is 21.8. The number of halogens is 1. The van der Waals surface area contributed by atoms with Crippen molar-refractivity contribution in [2.45, 2.75) is 12.8 Å². The third-order valence-corrected chi connectivity index (χ3v) is 7.81. The van der Waals surface area contributed by atoms with Gasteiger partial charge in [-0.05, 0) is 60.9 Å². The number of aryl methyl sites for hydroxylation is 1. The molecule has 1 aliphatic heterocycles. The Morgan fingerprint density at radius 3 is 2.76 bits per heavy atom. The zero-order chi connectivity index (χ0) is 26.3. The lowest BCUT2D eigenvalue weighted by Crippen LogP contribution is -2.54. The average Bonchev–Trinajstić information content (AvgIpc) is 3.55. The molecule has 1 saturated heterocycles. The fourth-order valence-electron chi connectivity index (χ4n) is 5.18. The number of aromatic nitrogens is 5. The second-order valence-corrected chi connectivity index (χ2v) is 10.3. The highest BCUT2D eigenvalue weighted by Crippen LogP contribution is 2.46. The minimum Gasteiger partial charge on any atom is -0.387 e. The molecule has 1 unspecified atom stereocenters. The number of fused-ring (bicyclic) bond motifs is 2. The van der Waals surface area contributed by atoms with Gasteiger partial charge in [0.05, 0.1) is 23.0 Å². The van der Waals surface area contributed by atoms with Crippen LogP contribution in [0.3, 0.4) is 0 Å². The van der Waals surface area contributed by atoms with Crippen molar-refractivity contribution < 1.29 is 13.4 Å². The average molecular weight is 532 g/mol. The van der Waals surface area contributed by atoms with Crippen molar-refractivity contribution in [3.63, 3.8) is 0 Å². The van der Waals surface area contributed by atoms with E-state index in [2.05, 4.69) is 26.3 Å². The van der Waals surface area contributed by atoms with Gasteiger partial charge in [-0.25, -0.2) is 14.1 Å². The normalized spacial score (nSPS) is 19.1. The Labute approximate surface area is 223 Å². The first-order valence-corrected chi connectivity index (χ1v) is 13.0.